The number of nitrogens with one attached hydrogen (secondary N) is 1. The largest absolute Gasteiger partial charge is 0.354 e. The molecule has 2 aromatic rings. The summed E-state index contributed by atoms with van der Waals surface area (Å²) in [6, 6.07) is 3.74. The van der Waals surface area contributed by atoms with Crippen LogP contribution in [0.4, 0.5) is 10.2 Å². The van der Waals surface area contributed by atoms with Crippen LogP contribution in [-0.2, 0) is 6.54 Å². The number of hydrogen-bond donors (Lipinski definition) is 1. The summed E-state index contributed by atoms with van der Waals surface area (Å²) in [5.41, 5.74) is 2.15. The van der Waals surface area contributed by atoms with Crippen molar-refractivity contribution in [3.63, 3.8) is 0 Å². The maximum absolute atomic E-state index is 13.2. The van der Waals surface area contributed by atoms with Gasteiger partial charge in [-0.2, -0.15) is 5.10 Å². The van der Waals surface area contributed by atoms with E-state index in [4.69, 9.17) is 0 Å². The topological polar surface area (TPSA) is 63.1 Å². The van der Waals surface area contributed by atoms with Gasteiger partial charge in [-0.25, -0.2) is 14.1 Å². The highest BCUT2D eigenvalue weighted by molar-refractivity contribution is 5.97. The number of amides is 1. The molecule has 7 heteroatoms. The van der Waals surface area contributed by atoms with E-state index in [0.29, 0.717) is 31.6 Å². The first kappa shape index (κ1) is 12.3. The van der Waals surface area contributed by atoms with Crippen molar-refractivity contribution in [1.29, 1.82) is 0 Å². The monoisotopic (exact) mass is 287 g/mol. The van der Waals surface area contributed by atoms with Gasteiger partial charge in [0, 0.05) is 12.7 Å². The molecule has 0 spiro atoms. The predicted octanol–water partition coefficient (Wildman–Crippen LogP) is 1.06. The van der Waals surface area contributed by atoms with Gasteiger partial charge in [0.1, 0.15) is 12.0 Å². The van der Waals surface area contributed by atoms with Crippen molar-refractivity contribution in [3.05, 3.63) is 35.8 Å². The third-order valence-corrected chi connectivity index (χ3v) is 3.90. The van der Waals surface area contributed by atoms with Crippen LogP contribution in [0.3, 0.4) is 0 Å². The van der Waals surface area contributed by atoms with Crippen molar-refractivity contribution in [2.75, 3.05) is 18.0 Å². The summed E-state index contributed by atoms with van der Waals surface area (Å²) in [7, 11) is 0. The van der Waals surface area contributed by atoms with E-state index in [1.807, 2.05) is 17.0 Å². The van der Waals surface area contributed by atoms with Crippen LogP contribution in [0, 0.1) is 0 Å². The summed E-state index contributed by atoms with van der Waals surface area (Å²) in [4.78, 5) is 17.9. The van der Waals surface area contributed by atoms with Gasteiger partial charge in [0.15, 0.2) is 0 Å². The number of hydrogen-bond acceptors (Lipinski definition) is 4. The minimum atomic E-state index is -0.765. The molecule has 0 radical (unpaired) electrons. The molecule has 1 N–H and O–H groups in total. The van der Waals surface area contributed by atoms with Gasteiger partial charge in [-0.05, 0) is 18.6 Å². The van der Waals surface area contributed by atoms with E-state index in [1.165, 1.54) is 0 Å². The first-order chi connectivity index (χ1) is 10.2. The summed E-state index contributed by atoms with van der Waals surface area (Å²) >= 11 is 0. The zero-order valence-corrected chi connectivity index (χ0v) is 11.3. The highest BCUT2D eigenvalue weighted by Gasteiger charge is 2.24. The van der Waals surface area contributed by atoms with Crippen LogP contribution in [0.5, 0.6) is 0 Å². The van der Waals surface area contributed by atoms with Gasteiger partial charge < -0.3 is 10.2 Å². The van der Waals surface area contributed by atoms with E-state index in [-0.39, 0.29) is 5.91 Å². The van der Waals surface area contributed by atoms with Crippen LogP contribution < -0.4 is 10.2 Å². The summed E-state index contributed by atoms with van der Waals surface area (Å²) in [6.07, 6.45) is 3.20. The molecule has 0 aromatic carbocycles. The van der Waals surface area contributed by atoms with Gasteiger partial charge >= 0.3 is 0 Å². The molecule has 1 atom stereocenters. The average Bonchev–Trinajstić information content (AvgIpc) is 3.17. The Kier molecular flexibility index (Phi) is 2.66. The lowest BCUT2D eigenvalue weighted by Gasteiger charge is -2.16. The van der Waals surface area contributed by atoms with Crippen molar-refractivity contribution in [2.45, 2.75) is 19.1 Å². The number of pyridine rings is 1. The summed E-state index contributed by atoms with van der Waals surface area (Å²) < 4.78 is 14.9. The van der Waals surface area contributed by atoms with Crippen LogP contribution in [0.15, 0.2) is 24.5 Å². The minimum absolute atomic E-state index is 0.0908. The molecule has 1 amide bonds. The van der Waals surface area contributed by atoms with E-state index in [2.05, 4.69) is 15.4 Å². The number of fused-ring (bicyclic) bond motifs is 1. The second-order valence-electron chi connectivity index (χ2n) is 5.32. The van der Waals surface area contributed by atoms with E-state index in [1.54, 1.807) is 17.1 Å². The summed E-state index contributed by atoms with van der Waals surface area (Å²) in [5, 5.41) is 7.09. The molecule has 6 nitrogen and oxygen atoms in total. The molecule has 0 bridgehead atoms. The first-order valence-corrected chi connectivity index (χ1v) is 6.93. The molecule has 21 heavy (non-hydrogen) atoms. The van der Waals surface area contributed by atoms with E-state index >= 15 is 0 Å². The van der Waals surface area contributed by atoms with Crippen LogP contribution in [0.1, 0.15) is 22.5 Å². The van der Waals surface area contributed by atoms with Crippen molar-refractivity contribution in [1.82, 2.24) is 20.1 Å². The SMILES string of the molecule is O=C1NCc2nn(-c3ccc(N4CCC(F)C4)nc3)cc21. The second kappa shape index (κ2) is 4.54. The highest BCUT2D eigenvalue weighted by atomic mass is 19.1. The van der Waals surface area contributed by atoms with Crippen LogP contribution >= 0.6 is 0 Å². The van der Waals surface area contributed by atoms with E-state index in [9.17, 15) is 9.18 Å². The molecule has 2 aliphatic heterocycles. The molecular formula is C14H14FN5O. The Hall–Kier alpha value is -2.44. The first-order valence-electron chi connectivity index (χ1n) is 6.93. The lowest BCUT2D eigenvalue weighted by Crippen LogP contribution is -2.21. The third-order valence-electron chi connectivity index (χ3n) is 3.90. The maximum atomic E-state index is 13.2. The van der Waals surface area contributed by atoms with Crippen LogP contribution in [-0.4, -0.2) is 39.9 Å². The van der Waals surface area contributed by atoms with Crippen molar-refractivity contribution >= 4 is 11.7 Å². The fourth-order valence-electron chi connectivity index (χ4n) is 2.75. The number of nitrogens with zero attached hydrogens (tertiary/aromatic N) is 4. The Morgan fingerprint density at radius 1 is 1.38 bits per heavy atom. The smallest absolute Gasteiger partial charge is 0.255 e. The Labute approximate surface area is 120 Å². The maximum Gasteiger partial charge on any atom is 0.255 e. The molecule has 1 saturated heterocycles. The van der Waals surface area contributed by atoms with Gasteiger partial charge in [-0.3, -0.25) is 4.79 Å². The predicted molar refractivity (Wildman–Crippen MR) is 74.3 cm³/mol. The molecule has 0 saturated carbocycles. The average molecular weight is 287 g/mol. The number of carbonyl (C=O) groups is 1. The van der Waals surface area contributed by atoms with Gasteiger partial charge in [0.25, 0.3) is 5.91 Å². The lowest BCUT2D eigenvalue weighted by atomic mass is 10.3. The number of alkyl halides is 1. The van der Waals surface area contributed by atoms with Gasteiger partial charge in [0.05, 0.1) is 36.2 Å². The number of carbonyl (C=O) groups excluding carboxylic acids is 1. The van der Waals surface area contributed by atoms with Gasteiger partial charge in [-0.1, -0.05) is 0 Å². The molecule has 1 unspecified atom stereocenters. The van der Waals surface area contributed by atoms with Gasteiger partial charge in [0.2, 0.25) is 0 Å². The quantitative estimate of drug-likeness (QED) is 0.897. The highest BCUT2D eigenvalue weighted by Crippen LogP contribution is 2.21. The lowest BCUT2D eigenvalue weighted by molar-refractivity contribution is 0.0965. The molecule has 1 fully saturated rings. The fourth-order valence-corrected chi connectivity index (χ4v) is 2.75. The Bertz CT molecular complexity index is 696. The van der Waals surface area contributed by atoms with Crippen LogP contribution in [0.25, 0.3) is 5.69 Å². The van der Waals surface area contributed by atoms with Gasteiger partial charge in [-0.15, -0.1) is 0 Å². The molecule has 2 aromatic heterocycles. The van der Waals surface area contributed by atoms with Crippen LogP contribution in [0.2, 0.25) is 0 Å². The second-order valence-corrected chi connectivity index (χ2v) is 5.32. The number of anilines is 1. The molecule has 0 aliphatic carbocycles. The molecule has 2 aliphatic rings. The summed E-state index contributed by atoms with van der Waals surface area (Å²) in [6.45, 7) is 1.57. The number of rotatable bonds is 2. The zero-order valence-electron chi connectivity index (χ0n) is 11.3. The normalized spacial score (nSPS) is 20.7. The van der Waals surface area contributed by atoms with E-state index < -0.39 is 6.17 Å². The Balaban J connectivity index is 1.59. The molecule has 4 heterocycles. The zero-order chi connectivity index (χ0) is 14.4. The number of aromatic nitrogens is 3. The fraction of sp³-hybridized carbons (Fsp3) is 0.357. The standard InChI is InChI=1S/C14H14FN5O/c15-9-3-4-19(7-9)13-2-1-10(5-16-13)20-8-11-12(18-20)6-17-14(11)21/h1-2,5,8-9H,3-4,6-7H2,(H,17,21). The van der Waals surface area contributed by atoms with Crippen molar-refractivity contribution in [2.24, 2.45) is 0 Å². The Morgan fingerprint density at radius 2 is 2.29 bits per heavy atom. The summed E-state index contributed by atoms with van der Waals surface area (Å²) in [5.74, 6) is 0.684. The van der Waals surface area contributed by atoms with Crippen molar-refractivity contribution in [3.8, 4) is 5.69 Å². The Morgan fingerprint density at radius 3 is 2.95 bits per heavy atom. The molecule has 4 rings (SSSR count). The number of halogens is 1. The third kappa shape index (κ3) is 2.05. The minimum Gasteiger partial charge on any atom is -0.354 e. The van der Waals surface area contributed by atoms with E-state index in [0.717, 1.165) is 17.2 Å². The van der Waals surface area contributed by atoms with Crippen molar-refractivity contribution < 1.29 is 9.18 Å². The molecule has 108 valence electrons. The molecular weight excluding hydrogens is 273 g/mol.